The van der Waals surface area contributed by atoms with Crippen molar-refractivity contribution < 1.29 is 19.5 Å². The van der Waals surface area contributed by atoms with Gasteiger partial charge in [-0.25, -0.2) is 4.79 Å². The van der Waals surface area contributed by atoms with Gasteiger partial charge in [0.1, 0.15) is 0 Å². The SMILES string of the molecule is CNC(=O)C1CCC(CN(C)C(=O)O/N=C(\C)[C@H]2CC[C@H]3[C@@H]4CC[C@H]5C[C@@H](O)CC[C@]5(C)[C@H]4CC[C@]23C)N1. The Morgan fingerprint density at radius 2 is 1.76 bits per heavy atom. The molecule has 0 aromatic rings. The van der Waals surface area contributed by atoms with E-state index in [0.717, 1.165) is 49.7 Å². The highest BCUT2D eigenvalue weighted by Crippen LogP contribution is 2.67. The molecule has 214 valence electrons. The number of amides is 2. The number of nitrogens with zero attached hydrogens (tertiary/aromatic N) is 2. The van der Waals surface area contributed by atoms with E-state index in [1.165, 1.54) is 38.5 Å². The number of aliphatic hydroxyl groups excluding tert-OH is 1. The number of carbonyl (C=O) groups excluding carboxylic acids is 2. The molecule has 0 radical (unpaired) electrons. The number of carbonyl (C=O) groups is 2. The molecular weight excluding hydrogens is 480 g/mol. The molecule has 4 saturated carbocycles. The van der Waals surface area contributed by atoms with Crippen molar-refractivity contribution in [1.82, 2.24) is 15.5 Å². The van der Waals surface area contributed by atoms with E-state index in [2.05, 4.69) is 29.6 Å². The van der Waals surface area contributed by atoms with Crippen molar-refractivity contribution in [3.8, 4) is 0 Å². The Kier molecular flexibility index (Phi) is 7.86. The van der Waals surface area contributed by atoms with Crippen LogP contribution in [0.25, 0.3) is 0 Å². The number of hydrogen-bond acceptors (Lipinski definition) is 6. The molecule has 1 saturated heterocycles. The lowest BCUT2D eigenvalue weighted by molar-refractivity contribution is -0.123. The molecule has 4 aliphatic carbocycles. The van der Waals surface area contributed by atoms with Crippen molar-refractivity contribution in [2.45, 2.75) is 110 Å². The fourth-order valence-corrected chi connectivity index (χ4v) is 9.92. The maximum Gasteiger partial charge on any atom is 0.435 e. The largest absolute Gasteiger partial charge is 0.435 e. The van der Waals surface area contributed by atoms with Crippen molar-refractivity contribution in [1.29, 1.82) is 0 Å². The first-order valence-corrected chi connectivity index (χ1v) is 15.2. The van der Waals surface area contributed by atoms with E-state index in [9.17, 15) is 14.7 Å². The van der Waals surface area contributed by atoms with E-state index in [-0.39, 0.29) is 29.5 Å². The summed E-state index contributed by atoms with van der Waals surface area (Å²) < 4.78 is 0. The monoisotopic (exact) mass is 530 g/mol. The van der Waals surface area contributed by atoms with E-state index < -0.39 is 6.09 Å². The lowest BCUT2D eigenvalue weighted by atomic mass is 9.44. The van der Waals surface area contributed by atoms with Gasteiger partial charge in [0.25, 0.3) is 0 Å². The fourth-order valence-electron chi connectivity index (χ4n) is 9.92. The topological polar surface area (TPSA) is 103 Å². The summed E-state index contributed by atoms with van der Waals surface area (Å²) in [6, 6.07) is -0.114. The molecule has 2 amide bonds. The molecule has 3 N–H and O–H groups in total. The van der Waals surface area contributed by atoms with Crippen LogP contribution in [-0.4, -0.2) is 66.5 Å². The number of aliphatic hydroxyl groups is 1. The van der Waals surface area contributed by atoms with Crippen LogP contribution in [0.2, 0.25) is 0 Å². The van der Waals surface area contributed by atoms with Crippen molar-refractivity contribution in [2.75, 3.05) is 20.6 Å². The van der Waals surface area contributed by atoms with Gasteiger partial charge < -0.3 is 20.6 Å². The van der Waals surface area contributed by atoms with Crippen LogP contribution in [0, 0.1) is 40.4 Å². The predicted molar refractivity (Wildman–Crippen MR) is 147 cm³/mol. The van der Waals surface area contributed by atoms with Gasteiger partial charge in [0.05, 0.1) is 17.9 Å². The van der Waals surface area contributed by atoms with Crippen LogP contribution in [-0.2, 0) is 9.63 Å². The minimum absolute atomic E-state index is 0.00459. The first-order chi connectivity index (χ1) is 18.1. The number of oxime groups is 1. The van der Waals surface area contributed by atoms with Gasteiger partial charge in [0.2, 0.25) is 5.91 Å². The van der Waals surface area contributed by atoms with E-state index in [0.29, 0.717) is 29.7 Å². The summed E-state index contributed by atoms with van der Waals surface area (Å²) in [7, 11) is 3.38. The Morgan fingerprint density at radius 3 is 2.53 bits per heavy atom. The summed E-state index contributed by atoms with van der Waals surface area (Å²) in [5, 5.41) is 20.7. The zero-order valence-corrected chi connectivity index (χ0v) is 24.2. The molecule has 38 heavy (non-hydrogen) atoms. The van der Waals surface area contributed by atoms with Gasteiger partial charge in [-0.2, -0.15) is 0 Å². The van der Waals surface area contributed by atoms with Gasteiger partial charge in [0.15, 0.2) is 0 Å². The van der Waals surface area contributed by atoms with Crippen LogP contribution in [0.15, 0.2) is 5.16 Å². The average molecular weight is 531 g/mol. The highest BCUT2D eigenvalue weighted by Gasteiger charge is 2.60. The molecular formula is C30H50N4O4. The van der Waals surface area contributed by atoms with Crippen LogP contribution >= 0.6 is 0 Å². The molecule has 0 spiro atoms. The molecule has 0 aromatic carbocycles. The zero-order valence-electron chi connectivity index (χ0n) is 24.2. The third kappa shape index (κ3) is 4.89. The van der Waals surface area contributed by atoms with Gasteiger partial charge >= 0.3 is 6.09 Å². The lowest BCUT2D eigenvalue weighted by Gasteiger charge is -2.61. The first-order valence-electron chi connectivity index (χ1n) is 15.2. The number of likely N-dealkylation sites (N-methyl/N-ethyl adjacent to an activating group) is 2. The number of nitrogens with one attached hydrogen (secondary N) is 2. The second kappa shape index (κ2) is 10.7. The average Bonchev–Trinajstić information content (AvgIpc) is 3.51. The molecule has 2 unspecified atom stereocenters. The summed E-state index contributed by atoms with van der Waals surface area (Å²) in [5.74, 6) is 3.30. The van der Waals surface area contributed by atoms with Crippen molar-refractivity contribution in [2.24, 2.45) is 45.6 Å². The van der Waals surface area contributed by atoms with Crippen molar-refractivity contribution in [3.05, 3.63) is 0 Å². The second-order valence-electron chi connectivity index (χ2n) is 13.8. The Hall–Kier alpha value is -1.67. The number of rotatable bonds is 5. The molecule has 8 heteroatoms. The maximum atomic E-state index is 12.7. The first kappa shape index (κ1) is 27.9. The fraction of sp³-hybridized carbons (Fsp3) is 0.900. The predicted octanol–water partition coefficient (Wildman–Crippen LogP) is 4.32. The Labute approximate surface area is 228 Å². The standard InChI is InChI=1S/C30H50N4O4/c1-18(33-38-28(37)34(5)17-20-7-11-26(32-20)27(36)31-4)23-9-10-24-22-8-6-19-16-21(35)12-14-29(19,2)25(22)13-15-30(23,24)3/h19-26,32,35H,6-17H2,1-5H3,(H,31,36)/b33-18+/t19-,20?,21-,22-,23+,24-,25-,26?,29-,30+/m0/s1. The maximum absolute atomic E-state index is 12.7. The molecule has 5 rings (SSSR count). The highest BCUT2D eigenvalue weighted by molar-refractivity contribution is 5.85. The van der Waals surface area contributed by atoms with Crippen LogP contribution in [0.4, 0.5) is 4.79 Å². The normalized spacial score (nSPS) is 44.5. The third-order valence-electron chi connectivity index (χ3n) is 12.0. The minimum atomic E-state index is -0.441. The van der Waals surface area contributed by atoms with E-state index in [1.807, 2.05) is 6.92 Å². The number of hydrogen-bond donors (Lipinski definition) is 3. The van der Waals surface area contributed by atoms with E-state index >= 15 is 0 Å². The van der Waals surface area contributed by atoms with E-state index in [4.69, 9.17) is 4.84 Å². The molecule has 1 heterocycles. The van der Waals surface area contributed by atoms with Gasteiger partial charge in [-0.05, 0) is 112 Å². The molecule has 8 nitrogen and oxygen atoms in total. The summed E-state index contributed by atoms with van der Waals surface area (Å²) in [4.78, 5) is 31.6. The van der Waals surface area contributed by atoms with Gasteiger partial charge in [-0.15, -0.1) is 0 Å². The van der Waals surface area contributed by atoms with Gasteiger partial charge in [0, 0.05) is 32.6 Å². The van der Waals surface area contributed by atoms with Crippen LogP contribution in [0.3, 0.4) is 0 Å². The van der Waals surface area contributed by atoms with Crippen molar-refractivity contribution in [3.63, 3.8) is 0 Å². The molecule has 0 bridgehead atoms. The number of fused-ring (bicyclic) bond motifs is 5. The summed E-state index contributed by atoms with van der Waals surface area (Å²) >= 11 is 0. The molecule has 5 fully saturated rings. The molecule has 5 aliphatic rings. The summed E-state index contributed by atoms with van der Waals surface area (Å²) in [6.07, 6.45) is 11.7. The molecule has 10 atom stereocenters. The van der Waals surface area contributed by atoms with E-state index in [1.54, 1.807) is 19.0 Å². The Balaban J connectivity index is 1.18. The third-order valence-corrected chi connectivity index (χ3v) is 12.0. The lowest BCUT2D eigenvalue weighted by Crippen LogP contribution is -2.54. The van der Waals surface area contributed by atoms with Crippen LogP contribution in [0.5, 0.6) is 0 Å². The van der Waals surface area contributed by atoms with Crippen molar-refractivity contribution >= 4 is 17.7 Å². The minimum Gasteiger partial charge on any atom is -0.393 e. The molecule has 0 aromatic heterocycles. The van der Waals surface area contributed by atoms with Crippen LogP contribution < -0.4 is 10.6 Å². The zero-order chi connectivity index (χ0) is 27.2. The quantitative estimate of drug-likeness (QED) is 0.279. The Bertz CT molecular complexity index is 941. The van der Waals surface area contributed by atoms with Gasteiger partial charge in [-0.3, -0.25) is 9.63 Å². The molecule has 1 aliphatic heterocycles. The smallest absolute Gasteiger partial charge is 0.393 e. The van der Waals surface area contributed by atoms with Crippen LogP contribution in [0.1, 0.15) is 91.4 Å². The summed E-state index contributed by atoms with van der Waals surface area (Å²) in [5.41, 5.74) is 1.56. The second-order valence-corrected chi connectivity index (χ2v) is 13.8. The Morgan fingerprint density at radius 1 is 1.03 bits per heavy atom. The highest BCUT2D eigenvalue weighted by atomic mass is 16.7. The van der Waals surface area contributed by atoms with Gasteiger partial charge in [-0.1, -0.05) is 19.0 Å². The summed E-state index contributed by atoms with van der Waals surface area (Å²) in [6.45, 7) is 7.55.